The maximum atomic E-state index is 13.9. The molecule has 0 amide bonds. The van der Waals surface area contributed by atoms with Gasteiger partial charge in [-0.3, -0.25) is 0 Å². The number of sulfonamides is 1. The maximum absolute atomic E-state index is 13.9. The lowest BCUT2D eigenvalue weighted by Crippen LogP contribution is -2.36. The Morgan fingerprint density at radius 3 is 2.32 bits per heavy atom. The second-order valence-electron chi connectivity index (χ2n) is 4.63. The lowest BCUT2D eigenvalue weighted by atomic mass is 10.2. The minimum absolute atomic E-state index is 0.146. The predicted molar refractivity (Wildman–Crippen MR) is 74.9 cm³/mol. The van der Waals surface area contributed by atoms with E-state index >= 15 is 0 Å². The van der Waals surface area contributed by atoms with Gasteiger partial charge in [-0.1, -0.05) is 13.8 Å². The van der Waals surface area contributed by atoms with E-state index in [4.69, 9.17) is 5.73 Å². The zero-order chi connectivity index (χ0) is 14.8. The van der Waals surface area contributed by atoms with Crippen molar-refractivity contribution < 1.29 is 12.8 Å². The van der Waals surface area contributed by atoms with Crippen molar-refractivity contribution in [2.75, 3.05) is 12.8 Å². The van der Waals surface area contributed by atoms with E-state index < -0.39 is 15.8 Å². The second-order valence-corrected chi connectivity index (χ2v) is 6.60. The molecule has 6 heteroatoms. The molecule has 4 nitrogen and oxygen atoms in total. The zero-order valence-corrected chi connectivity index (χ0v) is 12.6. The topological polar surface area (TPSA) is 63.4 Å². The van der Waals surface area contributed by atoms with Crippen LogP contribution in [-0.2, 0) is 10.0 Å². The van der Waals surface area contributed by atoms with Gasteiger partial charge in [0.25, 0.3) is 0 Å². The second kappa shape index (κ2) is 5.88. The lowest BCUT2D eigenvalue weighted by molar-refractivity contribution is 0.348. The van der Waals surface area contributed by atoms with Gasteiger partial charge < -0.3 is 5.73 Å². The molecule has 0 radical (unpaired) electrons. The third kappa shape index (κ3) is 3.06. The Balaban J connectivity index is 3.31. The Kier molecular flexibility index (Phi) is 4.92. The average molecular weight is 288 g/mol. The summed E-state index contributed by atoms with van der Waals surface area (Å²) in [7, 11) is -2.38. The van der Waals surface area contributed by atoms with Crippen LogP contribution in [0.3, 0.4) is 0 Å². The van der Waals surface area contributed by atoms with E-state index in [0.717, 1.165) is 6.07 Å². The van der Waals surface area contributed by atoms with Crippen LogP contribution < -0.4 is 5.73 Å². The van der Waals surface area contributed by atoms with Crippen LogP contribution in [0.1, 0.15) is 32.3 Å². The van der Waals surface area contributed by atoms with Gasteiger partial charge in [0.05, 0.1) is 0 Å². The predicted octanol–water partition coefficient (Wildman–Crippen LogP) is 2.53. The quantitative estimate of drug-likeness (QED) is 0.847. The number of nitrogen functional groups attached to an aromatic ring is 1. The summed E-state index contributed by atoms with van der Waals surface area (Å²) in [5, 5.41) is 0. The van der Waals surface area contributed by atoms with Gasteiger partial charge in [-0.15, -0.1) is 0 Å². The molecule has 108 valence electrons. The first-order valence-electron chi connectivity index (χ1n) is 6.29. The molecule has 1 rings (SSSR count). The Morgan fingerprint density at radius 2 is 1.84 bits per heavy atom. The normalized spacial score (nSPS) is 12.4. The monoisotopic (exact) mass is 288 g/mol. The van der Waals surface area contributed by atoms with E-state index in [0.29, 0.717) is 18.4 Å². The third-order valence-corrected chi connectivity index (χ3v) is 5.36. The minimum atomic E-state index is -3.85. The summed E-state index contributed by atoms with van der Waals surface area (Å²) in [6.07, 6.45) is 1.35. The standard InChI is InChI=1S/C13H21FN2O2S/c1-5-10(6-2)16(4)19(17,18)13-8-12(15)9(3)7-11(13)14/h7-8,10H,5-6,15H2,1-4H3. The number of aryl methyl sites for hydroxylation is 1. The number of benzene rings is 1. The molecule has 0 saturated carbocycles. The molecular weight excluding hydrogens is 267 g/mol. The molecule has 0 unspecified atom stereocenters. The summed E-state index contributed by atoms with van der Waals surface area (Å²) in [6.45, 7) is 5.44. The van der Waals surface area contributed by atoms with Crippen LogP contribution in [0.15, 0.2) is 17.0 Å². The molecule has 0 fully saturated rings. The van der Waals surface area contributed by atoms with Crippen molar-refractivity contribution in [1.29, 1.82) is 0 Å². The first kappa shape index (κ1) is 15.9. The fourth-order valence-electron chi connectivity index (χ4n) is 2.02. The highest BCUT2D eigenvalue weighted by Gasteiger charge is 2.29. The first-order chi connectivity index (χ1) is 8.75. The fourth-order valence-corrected chi connectivity index (χ4v) is 3.60. The van der Waals surface area contributed by atoms with Crippen molar-refractivity contribution >= 4 is 15.7 Å². The maximum Gasteiger partial charge on any atom is 0.246 e. The highest BCUT2D eigenvalue weighted by atomic mass is 32.2. The molecule has 1 aromatic carbocycles. The van der Waals surface area contributed by atoms with Crippen LogP contribution in [0, 0.1) is 12.7 Å². The van der Waals surface area contributed by atoms with Gasteiger partial charge in [0.2, 0.25) is 10.0 Å². The van der Waals surface area contributed by atoms with Crippen LogP contribution in [0.25, 0.3) is 0 Å². The van der Waals surface area contributed by atoms with E-state index in [1.54, 1.807) is 6.92 Å². The number of rotatable bonds is 5. The summed E-state index contributed by atoms with van der Waals surface area (Å²) < 4.78 is 39.9. The highest BCUT2D eigenvalue weighted by Crippen LogP contribution is 2.25. The Labute approximate surface area is 114 Å². The van der Waals surface area contributed by atoms with Gasteiger partial charge in [-0.05, 0) is 37.5 Å². The largest absolute Gasteiger partial charge is 0.398 e. The summed E-state index contributed by atoms with van der Waals surface area (Å²) >= 11 is 0. The molecule has 2 N–H and O–H groups in total. The SMILES string of the molecule is CCC(CC)N(C)S(=O)(=O)c1cc(N)c(C)cc1F. The Hall–Kier alpha value is -1.14. The van der Waals surface area contributed by atoms with Gasteiger partial charge in [-0.25, -0.2) is 12.8 Å². The molecule has 0 atom stereocenters. The van der Waals surface area contributed by atoms with Crippen molar-refractivity contribution in [3.05, 3.63) is 23.5 Å². The number of anilines is 1. The van der Waals surface area contributed by atoms with Gasteiger partial charge in [0.1, 0.15) is 10.7 Å². The smallest absolute Gasteiger partial charge is 0.246 e. The molecule has 0 heterocycles. The number of nitrogens with two attached hydrogens (primary N) is 1. The van der Waals surface area contributed by atoms with Crippen molar-refractivity contribution in [2.45, 2.75) is 44.6 Å². The summed E-state index contributed by atoms with van der Waals surface area (Å²) in [5.74, 6) is -0.760. The van der Waals surface area contributed by atoms with Crippen LogP contribution in [-0.4, -0.2) is 25.8 Å². The van der Waals surface area contributed by atoms with Gasteiger partial charge in [0, 0.05) is 18.8 Å². The third-order valence-electron chi connectivity index (χ3n) is 3.43. The highest BCUT2D eigenvalue weighted by molar-refractivity contribution is 7.89. The minimum Gasteiger partial charge on any atom is -0.398 e. The molecule has 0 bridgehead atoms. The van der Waals surface area contributed by atoms with E-state index in [2.05, 4.69) is 0 Å². The van der Waals surface area contributed by atoms with Gasteiger partial charge in [-0.2, -0.15) is 4.31 Å². The van der Waals surface area contributed by atoms with Crippen molar-refractivity contribution in [3.63, 3.8) is 0 Å². The number of nitrogens with zero attached hydrogens (tertiary/aromatic N) is 1. The van der Waals surface area contributed by atoms with Gasteiger partial charge in [0.15, 0.2) is 0 Å². The molecule has 19 heavy (non-hydrogen) atoms. The van der Waals surface area contributed by atoms with E-state index in [1.165, 1.54) is 17.4 Å². The number of hydrogen-bond acceptors (Lipinski definition) is 3. The number of halogens is 1. The van der Waals surface area contributed by atoms with Crippen molar-refractivity contribution in [3.8, 4) is 0 Å². The lowest BCUT2D eigenvalue weighted by Gasteiger charge is -2.25. The Bertz CT molecular complexity index is 554. The first-order valence-corrected chi connectivity index (χ1v) is 7.73. The molecule has 1 aromatic rings. The van der Waals surface area contributed by atoms with E-state index in [-0.39, 0.29) is 16.6 Å². The molecule has 0 saturated heterocycles. The number of hydrogen-bond donors (Lipinski definition) is 1. The molecular formula is C13H21FN2O2S. The van der Waals surface area contributed by atoms with Gasteiger partial charge >= 0.3 is 0 Å². The van der Waals surface area contributed by atoms with E-state index in [9.17, 15) is 12.8 Å². The fraction of sp³-hybridized carbons (Fsp3) is 0.538. The average Bonchev–Trinajstić information content (AvgIpc) is 2.34. The van der Waals surface area contributed by atoms with Crippen LogP contribution in [0.2, 0.25) is 0 Å². The molecule has 0 aliphatic carbocycles. The van der Waals surface area contributed by atoms with Crippen LogP contribution in [0.4, 0.5) is 10.1 Å². The van der Waals surface area contributed by atoms with Crippen LogP contribution >= 0.6 is 0 Å². The Morgan fingerprint density at radius 1 is 1.32 bits per heavy atom. The molecule has 0 aliphatic rings. The van der Waals surface area contributed by atoms with E-state index in [1.807, 2.05) is 13.8 Å². The zero-order valence-electron chi connectivity index (χ0n) is 11.8. The van der Waals surface area contributed by atoms with Crippen LogP contribution in [0.5, 0.6) is 0 Å². The summed E-state index contributed by atoms with van der Waals surface area (Å²) in [4.78, 5) is -0.356. The molecule has 0 spiro atoms. The van der Waals surface area contributed by atoms with Crippen molar-refractivity contribution in [2.24, 2.45) is 0 Å². The van der Waals surface area contributed by atoms with Crippen molar-refractivity contribution in [1.82, 2.24) is 4.31 Å². The summed E-state index contributed by atoms with van der Waals surface area (Å²) in [6, 6.07) is 2.20. The molecule has 0 aliphatic heterocycles. The summed E-state index contributed by atoms with van der Waals surface area (Å²) in [5.41, 5.74) is 6.48. The molecule has 0 aromatic heterocycles.